The van der Waals surface area contributed by atoms with E-state index < -0.39 is 17.9 Å². The van der Waals surface area contributed by atoms with E-state index in [2.05, 4.69) is 0 Å². The maximum absolute atomic E-state index is 12.8. The minimum absolute atomic E-state index is 0.275. The molecule has 15 heavy (non-hydrogen) atoms. The van der Waals surface area contributed by atoms with Crippen LogP contribution >= 0.6 is 0 Å². The van der Waals surface area contributed by atoms with E-state index in [1.165, 1.54) is 13.2 Å². The van der Waals surface area contributed by atoms with E-state index in [-0.39, 0.29) is 5.92 Å². The van der Waals surface area contributed by atoms with Crippen LogP contribution in [0.1, 0.15) is 12.8 Å². The highest BCUT2D eigenvalue weighted by molar-refractivity contribution is 5.15. The summed E-state index contributed by atoms with van der Waals surface area (Å²) < 4.78 is 48.6. The quantitative estimate of drug-likeness (QED) is 0.634. The van der Waals surface area contributed by atoms with Crippen LogP contribution in [0.3, 0.4) is 0 Å². The van der Waals surface area contributed by atoms with Gasteiger partial charge in [0.15, 0.2) is 5.79 Å². The highest BCUT2D eigenvalue weighted by atomic mass is 19.4. The van der Waals surface area contributed by atoms with Gasteiger partial charge in [-0.05, 0) is 12.8 Å². The third-order valence-electron chi connectivity index (χ3n) is 3.14. The number of hydrogen-bond acceptors (Lipinski definition) is 2. The molecule has 0 bridgehead atoms. The number of hydrogen-bond donors (Lipinski definition) is 0. The van der Waals surface area contributed by atoms with Gasteiger partial charge in [0, 0.05) is 13.0 Å². The first-order valence-electron chi connectivity index (χ1n) is 4.95. The van der Waals surface area contributed by atoms with Crippen LogP contribution in [0.25, 0.3) is 0 Å². The molecule has 0 N–H and O–H groups in total. The van der Waals surface area contributed by atoms with Crippen LogP contribution in [0.5, 0.6) is 0 Å². The monoisotopic (exact) mass is 222 g/mol. The molecule has 5 heteroatoms. The van der Waals surface area contributed by atoms with Gasteiger partial charge in [-0.25, -0.2) is 0 Å². The average Bonchev–Trinajstić information content (AvgIpc) is 2.56. The fourth-order valence-electron chi connectivity index (χ4n) is 2.45. The van der Waals surface area contributed by atoms with E-state index in [0.717, 1.165) is 6.42 Å². The first kappa shape index (κ1) is 11.0. The lowest BCUT2D eigenvalue weighted by Crippen LogP contribution is -2.52. The van der Waals surface area contributed by atoms with Crippen molar-refractivity contribution < 1.29 is 22.6 Å². The molecule has 0 aromatic carbocycles. The van der Waals surface area contributed by atoms with Crippen molar-refractivity contribution in [2.45, 2.75) is 24.8 Å². The van der Waals surface area contributed by atoms with Gasteiger partial charge in [0.2, 0.25) is 0 Å². The van der Waals surface area contributed by atoms with Gasteiger partial charge in [-0.2, -0.15) is 13.2 Å². The van der Waals surface area contributed by atoms with Gasteiger partial charge in [-0.1, -0.05) is 12.2 Å². The van der Waals surface area contributed by atoms with Crippen molar-refractivity contribution in [1.82, 2.24) is 0 Å². The second kappa shape index (κ2) is 3.49. The lowest BCUT2D eigenvalue weighted by Gasteiger charge is -2.42. The Morgan fingerprint density at radius 3 is 2.73 bits per heavy atom. The second-order valence-corrected chi connectivity index (χ2v) is 3.93. The van der Waals surface area contributed by atoms with Crippen LogP contribution in [0.4, 0.5) is 13.2 Å². The molecule has 1 aliphatic carbocycles. The van der Waals surface area contributed by atoms with Gasteiger partial charge < -0.3 is 9.47 Å². The van der Waals surface area contributed by atoms with Crippen molar-refractivity contribution in [2.24, 2.45) is 11.8 Å². The fraction of sp³-hybridized carbons (Fsp3) is 0.800. The Balaban J connectivity index is 2.30. The first-order valence-corrected chi connectivity index (χ1v) is 4.95. The smallest absolute Gasteiger partial charge is 0.352 e. The molecular formula is C10H13F3O2. The fourth-order valence-corrected chi connectivity index (χ4v) is 2.45. The molecule has 0 aromatic heterocycles. The van der Waals surface area contributed by atoms with Gasteiger partial charge in [0.25, 0.3) is 0 Å². The van der Waals surface area contributed by atoms with Crippen molar-refractivity contribution >= 4 is 0 Å². The molecule has 0 amide bonds. The normalized spacial score (nSPS) is 40.5. The van der Waals surface area contributed by atoms with Crippen LogP contribution in [-0.2, 0) is 9.47 Å². The van der Waals surface area contributed by atoms with E-state index in [9.17, 15) is 13.2 Å². The highest BCUT2D eigenvalue weighted by Gasteiger charge is 2.60. The maximum atomic E-state index is 12.8. The minimum Gasteiger partial charge on any atom is -0.352 e. The number of rotatable bonds is 1. The van der Waals surface area contributed by atoms with Crippen molar-refractivity contribution in [3.8, 4) is 0 Å². The van der Waals surface area contributed by atoms with Crippen LogP contribution in [-0.4, -0.2) is 25.7 Å². The minimum atomic E-state index is -4.31. The molecule has 2 aliphatic rings. The van der Waals surface area contributed by atoms with Crippen molar-refractivity contribution in [3.05, 3.63) is 12.2 Å². The second-order valence-electron chi connectivity index (χ2n) is 3.93. The molecule has 3 atom stereocenters. The van der Waals surface area contributed by atoms with Crippen LogP contribution < -0.4 is 0 Å². The molecule has 0 saturated carbocycles. The van der Waals surface area contributed by atoms with Gasteiger partial charge in [0.05, 0.1) is 6.61 Å². The standard InChI is InChI=1S/C10H13F3O2/c1-14-9-7(3-2-6-15-9)4-5-8(9)10(11,12)13/h4-5,7-8H,2-3,6H2,1H3/t7-,8+,9-/m0/s1. The first-order chi connectivity index (χ1) is 7.00. The Hall–Kier alpha value is -0.550. The van der Waals surface area contributed by atoms with E-state index in [4.69, 9.17) is 9.47 Å². The largest absolute Gasteiger partial charge is 0.400 e. The van der Waals surface area contributed by atoms with Crippen LogP contribution in [0.2, 0.25) is 0 Å². The van der Waals surface area contributed by atoms with Gasteiger partial charge in [-0.3, -0.25) is 0 Å². The van der Waals surface area contributed by atoms with E-state index in [1.807, 2.05) is 0 Å². The summed E-state index contributed by atoms with van der Waals surface area (Å²) in [7, 11) is 1.28. The van der Waals surface area contributed by atoms with E-state index >= 15 is 0 Å². The summed E-state index contributed by atoms with van der Waals surface area (Å²) >= 11 is 0. The summed E-state index contributed by atoms with van der Waals surface area (Å²) in [5, 5.41) is 0. The lowest BCUT2D eigenvalue weighted by molar-refractivity contribution is -0.327. The highest BCUT2D eigenvalue weighted by Crippen LogP contribution is 2.50. The zero-order valence-electron chi connectivity index (χ0n) is 8.38. The summed E-state index contributed by atoms with van der Waals surface area (Å²) in [5.74, 6) is -3.42. The third kappa shape index (κ3) is 1.58. The zero-order valence-corrected chi connectivity index (χ0v) is 8.38. The molecule has 0 spiro atoms. The summed E-state index contributed by atoms with van der Waals surface area (Å²) in [6, 6.07) is 0. The molecule has 0 radical (unpaired) electrons. The van der Waals surface area contributed by atoms with Crippen molar-refractivity contribution in [3.63, 3.8) is 0 Å². The summed E-state index contributed by atoms with van der Waals surface area (Å²) in [4.78, 5) is 0. The molecule has 86 valence electrons. The number of methoxy groups -OCH3 is 1. The predicted octanol–water partition coefficient (Wildman–Crippen LogP) is 2.50. The SMILES string of the molecule is CO[C@]12OCCC[C@H]1C=C[C@H]2C(F)(F)F. The molecule has 0 aromatic rings. The summed E-state index contributed by atoms with van der Waals surface area (Å²) in [6.07, 6.45) is -0.0967. The molecule has 1 heterocycles. The zero-order chi connectivity index (χ0) is 11.1. The number of halogens is 3. The van der Waals surface area contributed by atoms with E-state index in [1.54, 1.807) is 6.08 Å². The Morgan fingerprint density at radius 2 is 2.13 bits per heavy atom. The lowest BCUT2D eigenvalue weighted by atomic mass is 9.88. The Morgan fingerprint density at radius 1 is 1.40 bits per heavy atom. The third-order valence-corrected chi connectivity index (χ3v) is 3.14. The van der Waals surface area contributed by atoms with E-state index in [0.29, 0.717) is 13.0 Å². The Labute approximate surface area is 86.0 Å². The number of alkyl halides is 3. The van der Waals surface area contributed by atoms with Gasteiger partial charge in [0.1, 0.15) is 5.92 Å². The summed E-state index contributed by atoms with van der Waals surface area (Å²) in [5.41, 5.74) is 0. The molecule has 1 saturated heterocycles. The topological polar surface area (TPSA) is 18.5 Å². The van der Waals surface area contributed by atoms with Crippen LogP contribution in [0.15, 0.2) is 12.2 Å². The average molecular weight is 222 g/mol. The number of ether oxygens (including phenoxy) is 2. The molecule has 1 fully saturated rings. The Kier molecular flexibility index (Phi) is 2.55. The molecule has 2 rings (SSSR count). The maximum Gasteiger partial charge on any atom is 0.400 e. The molecule has 1 aliphatic heterocycles. The van der Waals surface area contributed by atoms with Gasteiger partial charge >= 0.3 is 6.18 Å². The molecular weight excluding hydrogens is 209 g/mol. The summed E-state index contributed by atoms with van der Waals surface area (Å²) in [6.45, 7) is 0.332. The van der Waals surface area contributed by atoms with Crippen LogP contribution in [0, 0.1) is 11.8 Å². The predicted molar refractivity (Wildman–Crippen MR) is 47.1 cm³/mol. The van der Waals surface area contributed by atoms with Crippen molar-refractivity contribution in [2.75, 3.05) is 13.7 Å². The number of fused-ring (bicyclic) bond motifs is 1. The molecule has 2 nitrogen and oxygen atoms in total. The Bertz CT molecular complexity index is 274. The molecule has 0 unspecified atom stereocenters. The van der Waals surface area contributed by atoms with Gasteiger partial charge in [-0.15, -0.1) is 0 Å². The van der Waals surface area contributed by atoms with Crippen molar-refractivity contribution in [1.29, 1.82) is 0 Å².